The quantitative estimate of drug-likeness (QED) is 0.633. The van der Waals surface area contributed by atoms with Gasteiger partial charge in [0.2, 0.25) is 5.91 Å². The van der Waals surface area contributed by atoms with Gasteiger partial charge in [-0.2, -0.15) is 0 Å². The number of ether oxygens (including phenoxy) is 1. The van der Waals surface area contributed by atoms with Crippen LogP contribution in [0.2, 0.25) is 0 Å². The van der Waals surface area contributed by atoms with Crippen LogP contribution in [-0.2, 0) is 14.3 Å². The summed E-state index contributed by atoms with van der Waals surface area (Å²) in [6.45, 7) is 4.46. The molecular formula is C27H32N2O5. The number of amides is 2. The maximum absolute atomic E-state index is 12.9. The molecule has 2 aromatic rings. The third-order valence-electron chi connectivity index (χ3n) is 7.13. The van der Waals surface area contributed by atoms with Crippen LogP contribution in [-0.4, -0.2) is 53.2 Å². The van der Waals surface area contributed by atoms with Crippen molar-refractivity contribution in [1.29, 1.82) is 0 Å². The lowest BCUT2D eigenvalue weighted by Crippen LogP contribution is -2.48. The Balaban J connectivity index is 1.32. The summed E-state index contributed by atoms with van der Waals surface area (Å²) >= 11 is 0. The van der Waals surface area contributed by atoms with Gasteiger partial charge in [0.15, 0.2) is 0 Å². The highest BCUT2D eigenvalue weighted by molar-refractivity contribution is 5.80. The molecule has 2 amide bonds. The molecule has 180 valence electrons. The van der Waals surface area contributed by atoms with Crippen molar-refractivity contribution >= 4 is 18.0 Å². The first kappa shape index (κ1) is 23.8. The third-order valence-corrected chi connectivity index (χ3v) is 7.13. The molecular weight excluding hydrogens is 432 g/mol. The van der Waals surface area contributed by atoms with E-state index in [9.17, 15) is 19.5 Å². The molecule has 2 aromatic carbocycles. The Kier molecular flexibility index (Phi) is 7.20. The van der Waals surface area contributed by atoms with Crippen LogP contribution >= 0.6 is 0 Å². The first-order valence-electron chi connectivity index (χ1n) is 12.0. The van der Waals surface area contributed by atoms with E-state index in [-0.39, 0.29) is 36.9 Å². The predicted octanol–water partition coefficient (Wildman–Crippen LogP) is 4.41. The highest BCUT2D eigenvalue weighted by Crippen LogP contribution is 2.44. The van der Waals surface area contributed by atoms with Gasteiger partial charge in [-0.1, -0.05) is 55.5 Å². The Morgan fingerprint density at radius 3 is 2.26 bits per heavy atom. The second-order valence-electron chi connectivity index (χ2n) is 9.27. The van der Waals surface area contributed by atoms with Crippen LogP contribution in [0.3, 0.4) is 0 Å². The fourth-order valence-electron chi connectivity index (χ4n) is 5.20. The van der Waals surface area contributed by atoms with Crippen LogP contribution in [0, 0.1) is 5.92 Å². The highest BCUT2D eigenvalue weighted by atomic mass is 16.5. The third kappa shape index (κ3) is 4.93. The molecule has 1 saturated heterocycles. The maximum Gasteiger partial charge on any atom is 0.407 e. The van der Waals surface area contributed by atoms with Crippen molar-refractivity contribution in [2.75, 3.05) is 13.2 Å². The summed E-state index contributed by atoms with van der Waals surface area (Å²) in [4.78, 5) is 38.5. The summed E-state index contributed by atoms with van der Waals surface area (Å²) in [5, 5.41) is 12.1. The fraction of sp³-hybridized carbons (Fsp3) is 0.444. The number of likely N-dealkylation sites (tertiary alicyclic amines) is 1. The van der Waals surface area contributed by atoms with Crippen LogP contribution in [0.15, 0.2) is 48.5 Å². The van der Waals surface area contributed by atoms with Gasteiger partial charge < -0.3 is 20.1 Å². The molecule has 1 aliphatic carbocycles. The Bertz CT molecular complexity index is 1020. The standard InChI is InChI=1S/C27H32N2O5/c1-3-19(15-25(30)29-13-12-18(26(31)32)14-17(29)2)28-27(33)34-16-24-22-10-6-4-8-20(22)21-9-5-7-11-23(21)24/h4-11,17-19,24H,3,12-16H2,1-2H3,(H,28,33)(H,31,32)/t17-,18-,19+/m0/s1. The minimum atomic E-state index is -0.803. The van der Waals surface area contributed by atoms with E-state index in [2.05, 4.69) is 29.6 Å². The molecule has 0 radical (unpaired) electrons. The fourth-order valence-corrected chi connectivity index (χ4v) is 5.20. The molecule has 1 heterocycles. The van der Waals surface area contributed by atoms with Crippen molar-refractivity contribution in [2.45, 2.75) is 57.5 Å². The van der Waals surface area contributed by atoms with Gasteiger partial charge in [0, 0.05) is 31.0 Å². The van der Waals surface area contributed by atoms with E-state index in [1.807, 2.05) is 38.1 Å². The molecule has 0 bridgehead atoms. The lowest BCUT2D eigenvalue weighted by atomic mass is 9.91. The topological polar surface area (TPSA) is 95.9 Å². The second-order valence-corrected chi connectivity index (χ2v) is 9.27. The molecule has 0 unspecified atom stereocenters. The SMILES string of the molecule is CC[C@H](CC(=O)N1CC[C@H](C(=O)O)C[C@@H]1C)NC(=O)OCC1c2ccccc2-c2ccccc21. The first-order valence-corrected chi connectivity index (χ1v) is 12.0. The molecule has 7 heteroatoms. The summed E-state index contributed by atoms with van der Waals surface area (Å²) in [5.74, 6) is -1.29. The molecule has 0 spiro atoms. The zero-order chi connectivity index (χ0) is 24.2. The van der Waals surface area contributed by atoms with Crippen molar-refractivity contribution in [2.24, 2.45) is 5.92 Å². The summed E-state index contributed by atoms with van der Waals surface area (Å²) < 4.78 is 5.62. The summed E-state index contributed by atoms with van der Waals surface area (Å²) in [5.41, 5.74) is 4.64. The van der Waals surface area contributed by atoms with E-state index in [0.29, 0.717) is 25.8 Å². The first-order chi connectivity index (χ1) is 16.4. The summed E-state index contributed by atoms with van der Waals surface area (Å²) in [6, 6.07) is 15.9. The van der Waals surface area contributed by atoms with Crippen LogP contribution in [0.5, 0.6) is 0 Å². The highest BCUT2D eigenvalue weighted by Gasteiger charge is 2.33. The number of piperidine rings is 1. The number of nitrogens with one attached hydrogen (secondary N) is 1. The number of aliphatic carboxylic acids is 1. The normalized spacial score (nSPS) is 20.2. The average Bonchev–Trinajstić information content (AvgIpc) is 3.15. The summed E-state index contributed by atoms with van der Waals surface area (Å²) in [7, 11) is 0. The Hall–Kier alpha value is -3.35. The summed E-state index contributed by atoms with van der Waals surface area (Å²) in [6.07, 6.45) is 1.15. The lowest BCUT2D eigenvalue weighted by Gasteiger charge is -2.37. The van der Waals surface area contributed by atoms with Crippen molar-refractivity contribution in [3.63, 3.8) is 0 Å². The van der Waals surface area contributed by atoms with Gasteiger partial charge in [0.25, 0.3) is 0 Å². The van der Waals surface area contributed by atoms with Crippen LogP contribution in [0.25, 0.3) is 11.1 Å². The van der Waals surface area contributed by atoms with Gasteiger partial charge in [-0.25, -0.2) is 4.79 Å². The Morgan fingerprint density at radius 2 is 1.71 bits per heavy atom. The number of hydrogen-bond acceptors (Lipinski definition) is 4. The molecule has 1 aliphatic heterocycles. The van der Waals surface area contributed by atoms with Crippen LogP contribution in [0.1, 0.15) is 56.6 Å². The van der Waals surface area contributed by atoms with Gasteiger partial charge in [-0.05, 0) is 48.4 Å². The second kappa shape index (κ2) is 10.3. The van der Waals surface area contributed by atoms with Gasteiger partial charge in [0.05, 0.1) is 5.92 Å². The molecule has 2 N–H and O–H groups in total. The number of hydrogen-bond donors (Lipinski definition) is 2. The zero-order valence-electron chi connectivity index (χ0n) is 19.7. The van der Waals surface area contributed by atoms with E-state index in [1.54, 1.807) is 4.90 Å². The van der Waals surface area contributed by atoms with Crippen LogP contribution in [0.4, 0.5) is 4.79 Å². The molecule has 2 aliphatic rings. The zero-order valence-corrected chi connectivity index (χ0v) is 19.7. The largest absolute Gasteiger partial charge is 0.481 e. The number of benzene rings is 2. The lowest BCUT2D eigenvalue weighted by molar-refractivity contribution is -0.147. The smallest absolute Gasteiger partial charge is 0.407 e. The van der Waals surface area contributed by atoms with Crippen molar-refractivity contribution in [3.05, 3.63) is 59.7 Å². The number of alkyl carbamates (subject to hydrolysis) is 1. The van der Waals surface area contributed by atoms with Crippen LogP contribution < -0.4 is 5.32 Å². The Labute approximate surface area is 200 Å². The molecule has 34 heavy (non-hydrogen) atoms. The molecule has 0 aromatic heterocycles. The van der Waals surface area contributed by atoms with Crippen molar-refractivity contribution in [3.8, 4) is 11.1 Å². The molecule has 0 saturated carbocycles. The number of rotatable bonds is 7. The molecule has 4 rings (SSSR count). The van der Waals surface area contributed by atoms with Gasteiger partial charge in [0.1, 0.15) is 6.61 Å². The van der Waals surface area contributed by atoms with E-state index in [1.165, 1.54) is 11.1 Å². The molecule has 1 fully saturated rings. The minimum Gasteiger partial charge on any atom is -0.481 e. The number of carbonyl (C=O) groups is 3. The number of carboxylic acid groups (broad SMARTS) is 1. The maximum atomic E-state index is 12.9. The number of nitrogens with zero attached hydrogens (tertiary/aromatic N) is 1. The number of fused-ring (bicyclic) bond motifs is 3. The van der Waals surface area contributed by atoms with Gasteiger partial charge in [-0.3, -0.25) is 9.59 Å². The predicted molar refractivity (Wildman–Crippen MR) is 128 cm³/mol. The molecule has 7 nitrogen and oxygen atoms in total. The van der Waals surface area contributed by atoms with Crippen molar-refractivity contribution in [1.82, 2.24) is 10.2 Å². The van der Waals surface area contributed by atoms with Gasteiger partial charge in [-0.15, -0.1) is 0 Å². The van der Waals surface area contributed by atoms with E-state index >= 15 is 0 Å². The van der Waals surface area contributed by atoms with Crippen molar-refractivity contribution < 1.29 is 24.2 Å². The average molecular weight is 465 g/mol. The monoisotopic (exact) mass is 464 g/mol. The van der Waals surface area contributed by atoms with Gasteiger partial charge >= 0.3 is 12.1 Å². The van der Waals surface area contributed by atoms with E-state index < -0.39 is 18.0 Å². The number of carboxylic acids is 1. The number of carbonyl (C=O) groups excluding carboxylic acids is 2. The van der Waals surface area contributed by atoms with E-state index in [4.69, 9.17) is 4.74 Å². The molecule has 3 atom stereocenters. The minimum absolute atomic E-state index is 0.0174. The van der Waals surface area contributed by atoms with E-state index in [0.717, 1.165) is 11.1 Å². The Morgan fingerprint density at radius 1 is 1.09 bits per heavy atom.